The van der Waals surface area contributed by atoms with Crippen LogP contribution in [0.3, 0.4) is 0 Å². The zero-order chi connectivity index (χ0) is 13.5. The van der Waals surface area contributed by atoms with Crippen LogP contribution in [0.5, 0.6) is 0 Å². The first-order valence-electron chi connectivity index (χ1n) is 6.31. The van der Waals surface area contributed by atoms with Crippen LogP contribution in [-0.2, 0) is 10.9 Å². The summed E-state index contributed by atoms with van der Waals surface area (Å²) >= 11 is 0. The maximum Gasteiger partial charge on any atom is 0.435 e. The molecule has 1 aromatic rings. The van der Waals surface area contributed by atoms with Crippen LogP contribution in [0.1, 0.15) is 18.5 Å². The third-order valence-corrected chi connectivity index (χ3v) is 3.57. The van der Waals surface area contributed by atoms with Crippen molar-refractivity contribution >= 4 is 5.82 Å². The number of hydrogen-bond donors (Lipinski definition) is 0. The highest BCUT2D eigenvalue weighted by molar-refractivity contribution is 5.40. The summed E-state index contributed by atoms with van der Waals surface area (Å²) < 4.78 is 42.8. The van der Waals surface area contributed by atoms with Gasteiger partial charge in [0.25, 0.3) is 0 Å². The molecule has 7 heteroatoms. The van der Waals surface area contributed by atoms with Crippen molar-refractivity contribution in [1.29, 1.82) is 0 Å². The molecule has 1 saturated carbocycles. The predicted molar refractivity (Wildman–Crippen MR) is 61.7 cm³/mol. The molecule has 2 fully saturated rings. The number of alkyl halides is 3. The van der Waals surface area contributed by atoms with Gasteiger partial charge in [0.1, 0.15) is 0 Å². The third-order valence-electron chi connectivity index (χ3n) is 3.57. The van der Waals surface area contributed by atoms with Crippen molar-refractivity contribution in [3.05, 3.63) is 17.8 Å². The van der Waals surface area contributed by atoms with Gasteiger partial charge in [-0.25, -0.2) is 0 Å². The number of anilines is 1. The number of hydrogen-bond acceptors (Lipinski definition) is 4. The minimum atomic E-state index is -4.44. The molecule has 0 amide bonds. The molecule has 1 aromatic heterocycles. The molecule has 1 aliphatic carbocycles. The van der Waals surface area contributed by atoms with Gasteiger partial charge in [0.2, 0.25) is 0 Å². The Hall–Kier alpha value is -1.37. The fraction of sp³-hybridized carbons (Fsp3) is 0.667. The van der Waals surface area contributed by atoms with Crippen molar-refractivity contribution in [2.24, 2.45) is 5.92 Å². The second-order valence-electron chi connectivity index (χ2n) is 4.95. The highest BCUT2D eigenvalue weighted by atomic mass is 19.4. The molecule has 1 unspecified atom stereocenters. The fourth-order valence-electron chi connectivity index (χ4n) is 2.41. The highest BCUT2D eigenvalue weighted by Gasteiger charge is 2.38. The van der Waals surface area contributed by atoms with E-state index in [1.165, 1.54) is 6.07 Å². The average Bonchev–Trinajstić information content (AvgIpc) is 3.22. The second kappa shape index (κ2) is 4.63. The van der Waals surface area contributed by atoms with E-state index in [9.17, 15) is 13.2 Å². The second-order valence-corrected chi connectivity index (χ2v) is 4.95. The number of halogens is 3. The number of ether oxygens (including phenoxy) is 1. The van der Waals surface area contributed by atoms with E-state index in [0.717, 1.165) is 18.9 Å². The van der Waals surface area contributed by atoms with Crippen LogP contribution in [0.15, 0.2) is 12.1 Å². The van der Waals surface area contributed by atoms with Crippen LogP contribution in [0, 0.1) is 5.92 Å². The van der Waals surface area contributed by atoms with Gasteiger partial charge in [0, 0.05) is 6.54 Å². The number of morpholine rings is 1. The zero-order valence-electron chi connectivity index (χ0n) is 10.2. The van der Waals surface area contributed by atoms with Crippen molar-refractivity contribution in [2.45, 2.75) is 25.1 Å². The molecule has 0 bridgehead atoms. The minimum Gasteiger partial charge on any atom is -0.377 e. The van der Waals surface area contributed by atoms with E-state index in [4.69, 9.17) is 4.74 Å². The Balaban J connectivity index is 1.80. The Labute approximate surface area is 108 Å². The van der Waals surface area contributed by atoms with Gasteiger partial charge in [-0.3, -0.25) is 0 Å². The standard InChI is InChI=1S/C12H14F3N3O/c13-12(14,15)10-3-4-11(17-16-10)18-5-6-19-7-9(18)8-1-2-8/h3-4,8-9H,1-2,5-7H2. The molecule has 0 N–H and O–H groups in total. The summed E-state index contributed by atoms with van der Waals surface area (Å²) in [5.74, 6) is 1.08. The van der Waals surface area contributed by atoms with Crippen molar-refractivity contribution < 1.29 is 17.9 Å². The molecule has 1 atom stereocenters. The van der Waals surface area contributed by atoms with Crippen LogP contribution >= 0.6 is 0 Å². The Morgan fingerprint density at radius 2 is 2.00 bits per heavy atom. The van der Waals surface area contributed by atoms with Gasteiger partial charge < -0.3 is 9.64 Å². The molecular formula is C12H14F3N3O. The lowest BCUT2D eigenvalue weighted by molar-refractivity contribution is -0.141. The molecular weight excluding hydrogens is 259 g/mol. The summed E-state index contributed by atoms with van der Waals surface area (Å²) in [4.78, 5) is 2.02. The predicted octanol–water partition coefficient (Wildman–Crippen LogP) is 2.11. The maximum atomic E-state index is 12.4. The lowest BCUT2D eigenvalue weighted by Crippen LogP contribution is -2.47. The molecule has 1 aliphatic heterocycles. The van der Waals surface area contributed by atoms with E-state index in [1.54, 1.807) is 0 Å². The Morgan fingerprint density at radius 3 is 2.58 bits per heavy atom. The van der Waals surface area contributed by atoms with E-state index < -0.39 is 11.9 Å². The average molecular weight is 273 g/mol. The first-order chi connectivity index (χ1) is 9.05. The SMILES string of the molecule is FC(F)(F)c1ccc(N2CCOCC2C2CC2)nn1. The van der Waals surface area contributed by atoms with Gasteiger partial charge in [-0.1, -0.05) is 0 Å². The molecule has 1 saturated heterocycles. The van der Waals surface area contributed by atoms with Crippen molar-refractivity contribution in [2.75, 3.05) is 24.7 Å². The monoisotopic (exact) mass is 273 g/mol. The minimum absolute atomic E-state index is 0.222. The van der Waals surface area contributed by atoms with Crippen molar-refractivity contribution in [3.8, 4) is 0 Å². The molecule has 0 radical (unpaired) electrons. The van der Waals surface area contributed by atoms with Gasteiger partial charge >= 0.3 is 6.18 Å². The van der Waals surface area contributed by atoms with E-state index in [2.05, 4.69) is 10.2 Å². The topological polar surface area (TPSA) is 38.2 Å². The molecule has 4 nitrogen and oxygen atoms in total. The maximum absolute atomic E-state index is 12.4. The summed E-state index contributed by atoms with van der Waals surface area (Å²) in [5, 5.41) is 7.01. The van der Waals surface area contributed by atoms with E-state index in [1.807, 2.05) is 4.90 Å². The van der Waals surface area contributed by atoms with Gasteiger partial charge in [0.05, 0.1) is 19.3 Å². The molecule has 0 spiro atoms. The zero-order valence-corrected chi connectivity index (χ0v) is 10.2. The van der Waals surface area contributed by atoms with Crippen LogP contribution in [0.4, 0.5) is 19.0 Å². The summed E-state index contributed by atoms with van der Waals surface area (Å²) in [5.41, 5.74) is -0.951. The fourth-order valence-corrected chi connectivity index (χ4v) is 2.41. The molecule has 2 heterocycles. The Bertz CT molecular complexity index is 445. The van der Waals surface area contributed by atoms with Gasteiger partial charge in [-0.2, -0.15) is 13.2 Å². The first-order valence-corrected chi connectivity index (χ1v) is 6.31. The number of rotatable bonds is 2. The summed E-state index contributed by atoms with van der Waals surface area (Å²) in [6.07, 6.45) is -2.14. The largest absolute Gasteiger partial charge is 0.435 e. The van der Waals surface area contributed by atoms with Crippen LogP contribution in [0.25, 0.3) is 0 Å². The molecule has 104 valence electrons. The van der Waals surface area contributed by atoms with Crippen molar-refractivity contribution in [3.63, 3.8) is 0 Å². The Kier molecular flexibility index (Phi) is 3.08. The van der Waals surface area contributed by atoms with Crippen molar-refractivity contribution in [1.82, 2.24) is 10.2 Å². The normalized spacial score (nSPS) is 24.6. The lowest BCUT2D eigenvalue weighted by Gasteiger charge is -2.36. The van der Waals surface area contributed by atoms with Crippen LogP contribution in [0.2, 0.25) is 0 Å². The van der Waals surface area contributed by atoms with Gasteiger partial charge in [-0.05, 0) is 30.9 Å². The molecule has 19 heavy (non-hydrogen) atoms. The molecule has 2 aliphatic rings. The van der Waals surface area contributed by atoms with E-state index >= 15 is 0 Å². The summed E-state index contributed by atoms with van der Waals surface area (Å²) in [6.45, 7) is 1.85. The molecule has 3 rings (SSSR count). The smallest absolute Gasteiger partial charge is 0.377 e. The third kappa shape index (κ3) is 2.65. The summed E-state index contributed by atoms with van der Waals surface area (Å²) in [7, 11) is 0. The first kappa shape index (κ1) is 12.7. The number of aromatic nitrogens is 2. The highest BCUT2D eigenvalue weighted by Crippen LogP contribution is 2.38. The molecule has 0 aromatic carbocycles. The van der Waals surface area contributed by atoms with Gasteiger partial charge in [-0.15, -0.1) is 10.2 Å². The summed E-state index contributed by atoms with van der Waals surface area (Å²) in [6, 6.07) is 2.61. The Morgan fingerprint density at radius 1 is 1.21 bits per heavy atom. The van der Waals surface area contributed by atoms with Crippen LogP contribution < -0.4 is 4.90 Å². The van der Waals surface area contributed by atoms with E-state index in [-0.39, 0.29) is 6.04 Å². The lowest BCUT2D eigenvalue weighted by atomic mass is 10.1. The number of nitrogens with zero attached hydrogens (tertiary/aromatic N) is 3. The van der Waals surface area contributed by atoms with E-state index in [0.29, 0.717) is 31.5 Å². The van der Waals surface area contributed by atoms with Gasteiger partial charge in [0.15, 0.2) is 11.5 Å². The quantitative estimate of drug-likeness (QED) is 0.827. The van der Waals surface area contributed by atoms with Crippen LogP contribution in [-0.4, -0.2) is 36.0 Å².